The Morgan fingerprint density at radius 3 is 2.15 bits per heavy atom. The molecule has 0 atom stereocenters. The Morgan fingerprint density at radius 1 is 0.882 bits per heavy atom. The number of piperidine rings is 1. The van der Waals surface area contributed by atoms with Gasteiger partial charge >= 0.3 is 5.97 Å². The Morgan fingerprint density at radius 2 is 1.53 bits per heavy atom. The second-order valence-corrected chi connectivity index (χ2v) is 10.4. The van der Waals surface area contributed by atoms with Crippen molar-refractivity contribution in [3.8, 4) is 0 Å². The lowest BCUT2D eigenvalue weighted by molar-refractivity contribution is -0.151. The molecule has 0 unspecified atom stereocenters. The van der Waals surface area contributed by atoms with Crippen molar-refractivity contribution in [1.82, 2.24) is 20.2 Å². The Hall–Kier alpha value is -0.600. The average molecular weight is 522 g/mol. The van der Waals surface area contributed by atoms with Crippen molar-refractivity contribution in [1.29, 1.82) is 0 Å². The van der Waals surface area contributed by atoms with E-state index in [2.05, 4.69) is 15.2 Å². The van der Waals surface area contributed by atoms with Gasteiger partial charge in [-0.15, -0.1) is 24.8 Å². The topological polar surface area (TPSA) is 65.1 Å². The lowest BCUT2D eigenvalue weighted by Gasteiger charge is -2.46. The molecule has 4 fully saturated rings. The molecule has 1 amide bonds. The van der Waals surface area contributed by atoms with E-state index < -0.39 is 0 Å². The minimum atomic E-state index is 0. The van der Waals surface area contributed by atoms with Gasteiger partial charge in [-0.1, -0.05) is 6.42 Å². The average Bonchev–Trinajstić information content (AvgIpc) is 2.86. The first-order valence-corrected chi connectivity index (χ1v) is 13.4. The zero-order valence-corrected chi connectivity index (χ0v) is 22.3. The quantitative estimate of drug-likeness (QED) is 0.388. The molecule has 9 heteroatoms. The molecule has 0 spiro atoms. The maximum Gasteiger partial charge on any atom is 0.306 e. The van der Waals surface area contributed by atoms with E-state index in [4.69, 9.17) is 4.74 Å². The number of ether oxygens (including phenoxy) is 1. The van der Waals surface area contributed by atoms with Crippen LogP contribution in [0.2, 0.25) is 0 Å². The van der Waals surface area contributed by atoms with E-state index in [0.29, 0.717) is 24.4 Å². The molecule has 4 aliphatic rings. The molecule has 7 nitrogen and oxygen atoms in total. The number of carbonyl (C=O) groups excluding carboxylic acids is 2. The van der Waals surface area contributed by atoms with Gasteiger partial charge in [0, 0.05) is 44.7 Å². The van der Waals surface area contributed by atoms with Crippen molar-refractivity contribution in [3.63, 3.8) is 0 Å². The van der Waals surface area contributed by atoms with Crippen molar-refractivity contribution in [2.24, 2.45) is 5.92 Å². The van der Waals surface area contributed by atoms with E-state index in [1.807, 2.05) is 5.01 Å². The fourth-order valence-corrected chi connectivity index (χ4v) is 6.31. The molecule has 2 aliphatic heterocycles. The number of carbonyl (C=O) groups is 2. The number of nitrogens with one attached hydrogen (secondary N) is 1. The predicted octanol–water partition coefficient (Wildman–Crippen LogP) is 3.79. The van der Waals surface area contributed by atoms with E-state index in [-0.39, 0.29) is 36.9 Å². The van der Waals surface area contributed by atoms with Gasteiger partial charge in [0.25, 0.3) is 0 Å². The standard InChI is InChI=1S/C25H44N4O3.2ClH/c30-20-29(28-18-16-27(17-19-28)22-12-14-26-15-13-22)23-9-6-21(7-10-23)8-11-25(31)32-24-4-2-1-3-5-24;;/h20-24,26H,1-19H2;2*1H. The van der Waals surface area contributed by atoms with Crippen molar-refractivity contribution >= 4 is 37.2 Å². The van der Waals surface area contributed by atoms with Gasteiger partial charge in [0.15, 0.2) is 0 Å². The van der Waals surface area contributed by atoms with Crippen LogP contribution in [0.5, 0.6) is 0 Å². The first-order valence-electron chi connectivity index (χ1n) is 13.4. The number of rotatable bonds is 8. The molecule has 198 valence electrons. The van der Waals surface area contributed by atoms with Gasteiger partial charge in [-0.3, -0.25) is 19.5 Å². The zero-order valence-electron chi connectivity index (χ0n) is 20.7. The van der Waals surface area contributed by atoms with Crippen molar-refractivity contribution in [2.75, 3.05) is 39.3 Å². The van der Waals surface area contributed by atoms with Crippen LogP contribution in [0.1, 0.15) is 83.5 Å². The maximum absolute atomic E-state index is 12.2. The van der Waals surface area contributed by atoms with Gasteiger partial charge in [0.1, 0.15) is 6.10 Å². The monoisotopic (exact) mass is 520 g/mol. The highest BCUT2D eigenvalue weighted by Gasteiger charge is 2.32. The van der Waals surface area contributed by atoms with Crippen LogP contribution in [0, 0.1) is 5.92 Å². The van der Waals surface area contributed by atoms with E-state index in [1.165, 1.54) is 32.1 Å². The Labute approximate surface area is 218 Å². The molecule has 2 saturated heterocycles. The van der Waals surface area contributed by atoms with Gasteiger partial charge in [-0.05, 0) is 89.6 Å². The molecular weight excluding hydrogens is 475 g/mol. The summed E-state index contributed by atoms with van der Waals surface area (Å²) in [4.78, 5) is 26.8. The number of piperazine rings is 1. The lowest BCUT2D eigenvalue weighted by atomic mass is 9.83. The molecule has 2 aliphatic carbocycles. The number of amides is 1. The molecule has 0 radical (unpaired) electrons. The summed E-state index contributed by atoms with van der Waals surface area (Å²) in [7, 11) is 0. The van der Waals surface area contributed by atoms with Gasteiger partial charge in [0.2, 0.25) is 6.41 Å². The van der Waals surface area contributed by atoms with Crippen LogP contribution >= 0.6 is 24.8 Å². The predicted molar refractivity (Wildman–Crippen MR) is 139 cm³/mol. The smallest absolute Gasteiger partial charge is 0.306 e. The number of hydrogen-bond donors (Lipinski definition) is 1. The van der Waals surface area contributed by atoms with Gasteiger partial charge < -0.3 is 10.1 Å². The number of nitrogens with zero attached hydrogens (tertiary/aromatic N) is 3. The van der Waals surface area contributed by atoms with Crippen LogP contribution in [-0.2, 0) is 14.3 Å². The normalized spacial score (nSPS) is 27.8. The third-order valence-corrected chi connectivity index (χ3v) is 8.35. The summed E-state index contributed by atoms with van der Waals surface area (Å²) in [5.41, 5.74) is 0. The van der Waals surface area contributed by atoms with E-state index in [0.717, 1.165) is 90.6 Å². The summed E-state index contributed by atoms with van der Waals surface area (Å²) in [6, 6.07) is 1.03. The van der Waals surface area contributed by atoms with Crippen molar-refractivity contribution in [2.45, 2.75) is 102 Å². The zero-order chi connectivity index (χ0) is 22.2. The fraction of sp³-hybridized carbons (Fsp3) is 0.920. The Balaban J connectivity index is 0.00000204. The van der Waals surface area contributed by atoms with Crippen LogP contribution in [-0.4, -0.2) is 84.8 Å². The third kappa shape index (κ3) is 8.51. The lowest BCUT2D eigenvalue weighted by Crippen LogP contribution is -2.59. The summed E-state index contributed by atoms with van der Waals surface area (Å²) in [5.74, 6) is 0.593. The summed E-state index contributed by atoms with van der Waals surface area (Å²) in [6.45, 7) is 6.30. The first kappa shape index (κ1) is 29.6. The molecule has 4 rings (SSSR count). The van der Waals surface area contributed by atoms with Crippen molar-refractivity contribution in [3.05, 3.63) is 0 Å². The SMILES string of the molecule is Cl.Cl.O=CN(C1CCC(CCC(=O)OC2CCCCC2)CC1)N1CCN(C2CCNCC2)CC1. The number of esters is 1. The second kappa shape index (κ2) is 15.5. The molecule has 0 aromatic carbocycles. The van der Waals surface area contributed by atoms with E-state index in [1.54, 1.807) is 0 Å². The molecule has 0 aromatic heterocycles. The van der Waals surface area contributed by atoms with E-state index >= 15 is 0 Å². The van der Waals surface area contributed by atoms with Crippen LogP contribution < -0.4 is 5.32 Å². The highest BCUT2D eigenvalue weighted by atomic mass is 35.5. The summed E-state index contributed by atoms with van der Waals surface area (Å²) in [5, 5.41) is 7.75. The number of halogens is 2. The summed E-state index contributed by atoms with van der Waals surface area (Å²) >= 11 is 0. The second-order valence-electron chi connectivity index (χ2n) is 10.4. The largest absolute Gasteiger partial charge is 0.462 e. The molecule has 34 heavy (non-hydrogen) atoms. The van der Waals surface area contributed by atoms with Crippen molar-refractivity contribution < 1.29 is 14.3 Å². The highest BCUT2D eigenvalue weighted by Crippen LogP contribution is 2.31. The summed E-state index contributed by atoms with van der Waals surface area (Å²) in [6.07, 6.45) is 15.3. The van der Waals surface area contributed by atoms with Gasteiger partial charge in [0.05, 0.1) is 0 Å². The molecule has 0 bridgehead atoms. The fourth-order valence-electron chi connectivity index (χ4n) is 6.31. The van der Waals surface area contributed by atoms with Gasteiger partial charge in [-0.2, -0.15) is 0 Å². The minimum Gasteiger partial charge on any atom is -0.462 e. The number of hydrogen-bond acceptors (Lipinski definition) is 6. The molecule has 2 saturated carbocycles. The van der Waals surface area contributed by atoms with Gasteiger partial charge in [-0.25, -0.2) is 5.01 Å². The van der Waals surface area contributed by atoms with Crippen LogP contribution in [0.3, 0.4) is 0 Å². The van der Waals surface area contributed by atoms with Crippen LogP contribution in [0.15, 0.2) is 0 Å². The molecule has 1 N–H and O–H groups in total. The molecule has 0 aromatic rings. The Kier molecular flexibility index (Phi) is 13.5. The molecule has 2 heterocycles. The third-order valence-electron chi connectivity index (χ3n) is 8.35. The van der Waals surface area contributed by atoms with Crippen LogP contribution in [0.25, 0.3) is 0 Å². The number of hydrazine groups is 1. The minimum absolute atomic E-state index is 0. The highest BCUT2D eigenvalue weighted by molar-refractivity contribution is 5.85. The first-order chi connectivity index (χ1) is 15.7. The van der Waals surface area contributed by atoms with Crippen LogP contribution in [0.4, 0.5) is 0 Å². The molecular formula is C25H46Cl2N4O3. The van der Waals surface area contributed by atoms with E-state index in [9.17, 15) is 9.59 Å². The summed E-state index contributed by atoms with van der Waals surface area (Å²) < 4.78 is 5.68. The Bertz CT molecular complexity index is 587. The maximum atomic E-state index is 12.2.